The van der Waals surface area contributed by atoms with Crippen LogP contribution in [0.15, 0.2) is 114 Å². The molecule has 0 aliphatic rings. The molecule has 0 aliphatic heterocycles. The molecule has 38 heavy (non-hydrogen) atoms. The molecule has 184 valence electrons. The molecule has 0 atom stereocenters. The van der Waals surface area contributed by atoms with Crippen molar-refractivity contribution < 1.29 is 13.2 Å². The Kier molecular flexibility index (Phi) is 5.67. The number of para-hydroxylation sites is 1. The number of rotatable bonds is 5. The fourth-order valence-corrected chi connectivity index (χ4v) is 6.47. The normalized spacial score (nSPS) is 11.5. The predicted molar refractivity (Wildman–Crippen MR) is 148 cm³/mol. The fourth-order valence-electron chi connectivity index (χ4n) is 4.93. The van der Waals surface area contributed by atoms with E-state index in [0.29, 0.717) is 50.1 Å². The lowest BCUT2D eigenvalue weighted by Crippen LogP contribution is -2.14. The molecule has 6 rings (SSSR count). The SMILES string of the molecule is COc1ccc(S(=O)(=O)n2c(-c3ccccc3)c(-c3ccc4ncccc4c3C#N)c3ccccc32)cc1. The summed E-state index contributed by atoms with van der Waals surface area (Å²) in [6, 6.07) is 32.8. The van der Waals surface area contributed by atoms with Crippen molar-refractivity contribution in [3.05, 3.63) is 115 Å². The minimum atomic E-state index is -4.05. The smallest absolute Gasteiger partial charge is 0.268 e. The Labute approximate surface area is 220 Å². The van der Waals surface area contributed by atoms with Crippen molar-refractivity contribution in [2.75, 3.05) is 7.11 Å². The molecule has 4 aromatic carbocycles. The average molecular weight is 516 g/mol. The van der Waals surface area contributed by atoms with Gasteiger partial charge < -0.3 is 4.74 Å². The van der Waals surface area contributed by atoms with Gasteiger partial charge in [0.05, 0.1) is 34.3 Å². The Hall–Kier alpha value is -4.93. The lowest BCUT2D eigenvalue weighted by Gasteiger charge is -2.15. The number of methoxy groups -OCH3 is 1. The molecule has 0 radical (unpaired) electrons. The summed E-state index contributed by atoms with van der Waals surface area (Å²) in [5.41, 5.74) is 4.18. The van der Waals surface area contributed by atoms with Gasteiger partial charge in [0.1, 0.15) is 11.8 Å². The third kappa shape index (κ3) is 3.62. The number of pyridine rings is 1. The van der Waals surface area contributed by atoms with E-state index in [9.17, 15) is 13.7 Å². The molecule has 0 amide bonds. The Balaban J connectivity index is 1.78. The monoisotopic (exact) mass is 515 g/mol. The number of benzene rings is 4. The predicted octanol–water partition coefficient (Wildman–Crippen LogP) is 6.64. The van der Waals surface area contributed by atoms with Crippen molar-refractivity contribution in [1.82, 2.24) is 8.96 Å². The zero-order valence-electron chi connectivity index (χ0n) is 20.4. The maximum absolute atomic E-state index is 14.3. The van der Waals surface area contributed by atoms with Crippen molar-refractivity contribution >= 4 is 31.8 Å². The van der Waals surface area contributed by atoms with Crippen LogP contribution in [0.1, 0.15) is 5.56 Å². The van der Waals surface area contributed by atoms with Crippen molar-refractivity contribution in [1.29, 1.82) is 5.26 Å². The van der Waals surface area contributed by atoms with Gasteiger partial charge in [-0.2, -0.15) is 5.26 Å². The Morgan fingerprint density at radius 1 is 0.816 bits per heavy atom. The molecule has 0 saturated carbocycles. The van der Waals surface area contributed by atoms with Gasteiger partial charge in [-0.05, 0) is 54.1 Å². The molecule has 0 N–H and O–H groups in total. The molecule has 7 heteroatoms. The number of nitrogens with zero attached hydrogens (tertiary/aromatic N) is 3. The first kappa shape index (κ1) is 23.5. The van der Waals surface area contributed by atoms with E-state index in [-0.39, 0.29) is 4.90 Å². The van der Waals surface area contributed by atoms with E-state index >= 15 is 0 Å². The quantitative estimate of drug-likeness (QED) is 0.257. The van der Waals surface area contributed by atoms with Gasteiger partial charge in [-0.1, -0.05) is 54.6 Å². The molecular formula is C31H21N3O3S. The second kappa shape index (κ2) is 9.18. The number of fused-ring (bicyclic) bond motifs is 2. The summed E-state index contributed by atoms with van der Waals surface area (Å²) in [5.74, 6) is 0.564. The highest BCUT2D eigenvalue weighted by molar-refractivity contribution is 7.90. The second-order valence-electron chi connectivity index (χ2n) is 8.72. The van der Waals surface area contributed by atoms with Crippen LogP contribution in [-0.4, -0.2) is 24.5 Å². The average Bonchev–Trinajstić information content (AvgIpc) is 3.33. The van der Waals surface area contributed by atoms with Crippen molar-refractivity contribution in [2.24, 2.45) is 0 Å². The first-order valence-corrected chi connectivity index (χ1v) is 13.4. The summed E-state index contributed by atoms with van der Waals surface area (Å²) in [7, 11) is -2.52. The van der Waals surface area contributed by atoms with E-state index in [1.54, 1.807) is 42.6 Å². The number of hydrogen-bond acceptors (Lipinski definition) is 5. The van der Waals surface area contributed by atoms with E-state index in [1.807, 2.05) is 66.7 Å². The molecule has 2 heterocycles. The van der Waals surface area contributed by atoms with E-state index in [0.717, 1.165) is 5.39 Å². The third-order valence-electron chi connectivity index (χ3n) is 6.64. The van der Waals surface area contributed by atoms with Crippen LogP contribution in [-0.2, 0) is 10.0 Å². The highest BCUT2D eigenvalue weighted by Crippen LogP contribution is 2.44. The summed E-state index contributed by atoms with van der Waals surface area (Å²) in [6.45, 7) is 0. The molecule has 0 bridgehead atoms. The van der Waals surface area contributed by atoms with Crippen molar-refractivity contribution in [3.63, 3.8) is 0 Å². The van der Waals surface area contributed by atoms with Crippen LogP contribution in [0.4, 0.5) is 0 Å². The zero-order chi connectivity index (χ0) is 26.3. The van der Waals surface area contributed by atoms with E-state index < -0.39 is 10.0 Å². The topological polar surface area (TPSA) is 85.0 Å². The summed E-state index contributed by atoms with van der Waals surface area (Å²) in [6.07, 6.45) is 1.69. The fraction of sp³-hybridized carbons (Fsp3) is 0.0323. The lowest BCUT2D eigenvalue weighted by molar-refractivity contribution is 0.414. The number of aromatic nitrogens is 2. The van der Waals surface area contributed by atoms with Crippen LogP contribution >= 0.6 is 0 Å². The summed E-state index contributed by atoms with van der Waals surface area (Å²) in [4.78, 5) is 4.53. The van der Waals surface area contributed by atoms with Gasteiger partial charge in [0.2, 0.25) is 0 Å². The molecule has 0 unspecified atom stereocenters. The minimum Gasteiger partial charge on any atom is -0.497 e. The first-order chi connectivity index (χ1) is 18.5. The van der Waals surface area contributed by atoms with Crippen molar-refractivity contribution in [3.8, 4) is 34.2 Å². The van der Waals surface area contributed by atoms with Crippen molar-refractivity contribution in [2.45, 2.75) is 4.90 Å². The van der Waals surface area contributed by atoms with E-state index in [2.05, 4.69) is 11.1 Å². The van der Waals surface area contributed by atoms with E-state index in [1.165, 1.54) is 11.1 Å². The van der Waals surface area contributed by atoms with Crippen LogP contribution < -0.4 is 4.74 Å². The molecule has 0 saturated heterocycles. The summed E-state index contributed by atoms with van der Waals surface area (Å²) >= 11 is 0. The highest BCUT2D eigenvalue weighted by atomic mass is 32.2. The molecule has 0 spiro atoms. The number of hydrogen-bond donors (Lipinski definition) is 0. The molecule has 6 nitrogen and oxygen atoms in total. The largest absolute Gasteiger partial charge is 0.497 e. The van der Waals surface area contributed by atoms with Gasteiger partial charge in [-0.25, -0.2) is 12.4 Å². The van der Waals surface area contributed by atoms with Crippen LogP contribution in [0.2, 0.25) is 0 Å². The maximum Gasteiger partial charge on any atom is 0.268 e. The molecule has 2 aromatic heterocycles. The van der Waals surface area contributed by atoms with Crippen LogP contribution in [0.25, 0.3) is 44.2 Å². The molecule has 0 fully saturated rings. The number of nitriles is 1. The summed E-state index contributed by atoms with van der Waals surface area (Å²) in [5, 5.41) is 11.7. The van der Waals surface area contributed by atoms with Gasteiger partial charge in [0.25, 0.3) is 10.0 Å². The highest BCUT2D eigenvalue weighted by Gasteiger charge is 2.29. The zero-order valence-corrected chi connectivity index (χ0v) is 21.2. The third-order valence-corrected chi connectivity index (χ3v) is 8.37. The maximum atomic E-state index is 14.3. The van der Waals surface area contributed by atoms with Crippen LogP contribution in [0.3, 0.4) is 0 Å². The van der Waals surface area contributed by atoms with Gasteiger partial charge in [-0.15, -0.1) is 0 Å². The van der Waals surface area contributed by atoms with Crippen LogP contribution in [0, 0.1) is 11.3 Å². The van der Waals surface area contributed by atoms with E-state index in [4.69, 9.17) is 4.74 Å². The Bertz CT molecular complexity index is 1970. The summed E-state index contributed by atoms with van der Waals surface area (Å²) < 4.78 is 35.2. The minimum absolute atomic E-state index is 0.131. The lowest BCUT2D eigenvalue weighted by atomic mass is 9.93. The standard InChI is InChI=1S/C31H21N3O3S/c1-37-22-13-15-23(16-14-22)38(35,36)34-29-12-6-5-10-26(29)30(31(34)21-8-3-2-4-9-21)25-17-18-28-24(27(25)20-32)11-7-19-33-28/h2-19H,1H3. The Morgan fingerprint density at radius 3 is 2.26 bits per heavy atom. The van der Waals surface area contributed by atoms with Gasteiger partial charge >= 0.3 is 0 Å². The molecule has 0 aliphatic carbocycles. The molecular weight excluding hydrogens is 494 g/mol. The Morgan fingerprint density at radius 2 is 1.53 bits per heavy atom. The van der Waals surface area contributed by atoms with Gasteiger partial charge in [0.15, 0.2) is 0 Å². The second-order valence-corrected chi connectivity index (χ2v) is 10.5. The van der Waals surface area contributed by atoms with Gasteiger partial charge in [0, 0.05) is 28.1 Å². The first-order valence-electron chi connectivity index (χ1n) is 11.9. The molecule has 6 aromatic rings. The van der Waals surface area contributed by atoms with Gasteiger partial charge in [-0.3, -0.25) is 4.98 Å². The van der Waals surface area contributed by atoms with Crippen LogP contribution in [0.5, 0.6) is 5.75 Å². The number of ether oxygens (including phenoxy) is 1.